The molecule has 284 valence electrons. The van der Waals surface area contributed by atoms with Crippen molar-refractivity contribution in [1.29, 1.82) is 0 Å². The van der Waals surface area contributed by atoms with Gasteiger partial charge in [-0.25, -0.2) is 22.7 Å². The number of carbonyl (C=O) groups excluding carboxylic acids is 2. The highest BCUT2D eigenvalue weighted by atomic mass is 35.5. The van der Waals surface area contributed by atoms with Crippen LogP contribution in [0.4, 0.5) is 10.5 Å². The molecule has 4 heterocycles. The number of piperidine rings is 1. The quantitative estimate of drug-likeness (QED) is 0.271. The van der Waals surface area contributed by atoms with Gasteiger partial charge in [0.2, 0.25) is 10.0 Å². The van der Waals surface area contributed by atoms with Gasteiger partial charge in [0.1, 0.15) is 5.60 Å². The van der Waals surface area contributed by atoms with E-state index >= 15 is 0 Å². The first-order valence-electron chi connectivity index (χ1n) is 18.5. The van der Waals surface area contributed by atoms with E-state index in [4.69, 9.17) is 26.4 Å². The van der Waals surface area contributed by atoms with Gasteiger partial charge in [-0.3, -0.25) is 9.52 Å². The molecule has 2 saturated heterocycles. The molecule has 52 heavy (non-hydrogen) atoms. The molecule has 2 N–H and O–H groups in total. The number of halogens is 1. The van der Waals surface area contributed by atoms with Crippen LogP contribution >= 0.6 is 11.6 Å². The summed E-state index contributed by atoms with van der Waals surface area (Å²) in [4.78, 5) is 38.9. The first-order chi connectivity index (χ1) is 24.6. The number of anilines is 1. The molecule has 0 radical (unpaired) electrons. The molecule has 1 unspecified atom stereocenters. The van der Waals surface area contributed by atoms with E-state index in [0.717, 1.165) is 101 Å². The molecule has 3 aliphatic rings. The average molecular weight is 757 g/mol. The Labute approximate surface area is 312 Å². The van der Waals surface area contributed by atoms with Gasteiger partial charge in [0, 0.05) is 68.5 Å². The molecule has 3 aromatic rings. The summed E-state index contributed by atoms with van der Waals surface area (Å²) in [6.07, 6.45) is 8.79. The zero-order valence-electron chi connectivity index (χ0n) is 31.0. The molecule has 3 fully saturated rings. The summed E-state index contributed by atoms with van der Waals surface area (Å²) >= 11 is 6.28. The predicted octanol–water partition coefficient (Wildman–Crippen LogP) is 5.60. The number of hydrogen-bond acceptors (Lipinski definition) is 9. The molecule has 6 rings (SSSR count). The molecule has 1 aliphatic carbocycles. The Morgan fingerprint density at radius 1 is 1.10 bits per heavy atom. The lowest BCUT2D eigenvalue weighted by molar-refractivity contribution is 0.0155. The molecule has 3 atom stereocenters. The summed E-state index contributed by atoms with van der Waals surface area (Å²) in [5, 5.41) is 8.65. The van der Waals surface area contributed by atoms with Crippen LogP contribution in [-0.4, -0.2) is 113 Å². The number of aromatic nitrogens is 3. The third-order valence-electron chi connectivity index (χ3n) is 10.2. The van der Waals surface area contributed by atoms with Gasteiger partial charge in [-0.2, -0.15) is 5.10 Å². The van der Waals surface area contributed by atoms with Gasteiger partial charge in [-0.1, -0.05) is 11.6 Å². The third kappa shape index (κ3) is 9.36. The second-order valence-electron chi connectivity index (χ2n) is 15.5. The smallest absolute Gasteiger partial charge is 0.410 e. The van der Waals surface area contributed by atoms with Crippen LogP contribution in [0, 0.1) is 6.92 Å². The van der Waals surface area contributed by atoms with E-state index in [1.54, 1.807) is 15.5 Å². The Bertz CT molecular complexity index is 1870. The van der Waals surface area contributed by atoms with E-state index < -0.39 is 15.6 Å². The molecule has 13 nitrogen and oxygen atoms in total. The van der Waals surface area contributed by atoms with E-state index in [9.17, 15) is 18.0 Å². The van der Waals surface area contributed by atoms with E-state index in [2.05, 4.69) is 21.9 Å². The number of nitrogens with one attached hydrogen (secondary N) is 2. The Balaban J connectivity index is 1.20. The van der Waals surface area contributed by atoms with Gasteiger partial charge in [-0.15, -0.1) is 0 Å². The van der Waals surface area contributed by atoms with Gasteiger partial charge in [-0.05, 0) is 103 Å². The fourth-order valence-electron chi connectivity index (χ4n) is 7.87. The van der Waals surface area contributed by atoms with Gasteiger partial charge in [0.05, 0.1) is 34.9 Å². The minimum absolute atomic E-state index is 0.0659. The minimum atomic E-state index is -3.62. The van der Waals surface area contributed by atoms with Crippen LogP contribution in [0.25, 0.3) is 5.65 Å². The topological polar surface area (TPSA) is 141 Å². The molecule has 2 aliphatic heterocycles. The highest BCUT2D eigenvalue weighted by Gasteiger charge is 2.37. The number of nitrogens with zero attached hydrogens (tertiary/aromatic N) is 6. The number of rotatable bonds is 10. The SMILES string of the molecule is Cc1cn2nc([C@@H]3CCCCN3C(=O)c3cc(Cl)ccc3NS(C)(=O)=O)cc2nc1C1CC[C@H](N(CCCN2CCNCC2)C(=O)OC(C)(C)C)C1. The van der Waals surface area contributed by atoms with Gasteiger partial charge in [0.15, 0.2) is 5.65 Å². The first kappa shape index (κ1) is 38.3. The Morgan fingerprint density at radius 3 is 2.60 bits per heavy atom. The fourth-order valence-corrected chi connectivity index (χ4v) is 8.62. The number of piperazine rings is 1. The van der Waals surface area contributed by atoms with Gasteiger partial charge < -0.3 is 24.8 Å². The monoisotopic (exact) mass is 756 g/mol. The minimum Gasteiger partial charge on any atom is -0.444 e. The third-order valence-corrected chi connectivity index (χ3v) is 11.1. The molecule has 2 amide bonds. The first-order valence-corrected chi connectivity index (χ1v) is 20.8. The maximum absolute atomic E-state index is 14.0. The number of benzene rings is 1. The van der Waals surface area contributed by atoms with Crippen molar-refractivity contribution in [3.8, 4) is 0 Å². The molecule has 0 spiro atoms. The lowest BCUT2D eigenvalue weighted by Gasteiger charge is -2.35. The van der Waals surface area contributed by atoms with E-state index in [1.165, 1.54) is 12.1 Å². The van der Waals surface area contributed by atoms with E-state index in [-0.39, 0.29) is 41.3 Å². The zero-order chi connectivity index (χ0) is 37.2. The number of hydrogen-bond donors (Lipinski definition) is 2. The summed E-state index contributed by atoms with van der Waals surface area (Å²) < 4.78 is 34.3. The normalized spacial score (nSPS) is 21.7. The molecule has 1 aromatic carbocycles. The average Bonchev–Trinajstić information content (AvgIpc) is 3.73. The van der Waals surface area contributed by atoms with Crippen molar-refractivity contribution in [2.24, 2.45) is 0 Å². The number of sulfonamides is 1. The van der Waals surface area contributed by atoms with Gasteiger partial charge >= 0.3 is 6.09 Å². The van der Waals surface area contributed by atoms with Crippen molar-refractivity contribution in [3.63, 3.8) is 0 Å². The summed E-state index contributed by atoms with van der Waals surface area (Å²) in [5.41, 5.74) is 3.31. The lowest BCUT2D eigenvalue weighted by Crippen LogP contribution is -2.46. The molecular weight excluding hydrogens is 704 g/mol. The van der Waals surface area contributed by atoms with Crippen molar-refractivity contribution in [1.82, 2.24) is 34.6 Å². The van der Waals surface area contributed by atoms with Crippen LogP contribution in [0.1, 0.15) is 105 Å². The Kier molecular flexibility index (Phi) is 11.7. The Hall–Kier alpha value is -3.46. The van der Waals surface area contributed by atoms with Crippen LogP contribution in [0.15, 0.2) is 30.5 Å². The summed E-state index contributed by atoms with van der Waals surface area (Å²) in [6, 6.07) is 6.30. The van der Waals surface area contributed by atoms with Crippen LogP contribution in [-0.2, 0) is 14.8 Å². The summed E-state index contributed by atoms with van der Waals surface area (Å²) in [5.74, 6) is -0.123. The number of fused-ring (bicyclic) bond motifs is 1. The number of aryl methyl sites for hydroxylation is 1. The number of likely N-dealkylation sites (tertiary alicyclic amines) is 1. The van der Waals surface area contributed by atoms with E-state index in [0.29, 0.717) is 23.8 Å². The van der Waals surface area contributed by atoms with Crippen LogP contribution in [0.5, 0.6) is 0 Å². The molecular formula is C37H53ClN8O5S. The second-order valence-corrected chi connectivity index (χ2v) is 17.7. The largest absolute Gasteiger partial charge is 0.444 e. The maximum atomic E-state index is 14.0. The second kappa shape index (κ2) is 15.9. The maximum Gasteiger partial charge on any atom is 0.410 e. The van der Waals surface area contributed by atoms with Crippen molar-refractivity contribution < 1.29 is 22.7 Å². The summed E-state index contributed by atoms with van der Waals surface area (Å²) in [7, 11) is -3.62. The van der Waals surface area contributed by atoms with E-state index in [1.807, 2.05) is 37.9 Å². The van der Waals surface area contributed by atoms with Crippen molar-refractivity contribution in [2.75, 3.05) is 56.8 Å². The number of carbonyl (C=O) groups is 2. The standard InChI is InChI=1S/C37H53ClN8O5S/c1-25-24-46-33(23-31(41-46)32-9-6-7-17-45(32)35(47)29-22-27(38)11-13-30(29)42-52(5,49)50)40-34(25)26-10-12-28(21-26)44(36(48)51-37(2,3)4)18-8-16-43-19-14-39-15-20-43/h11,13,22-24,26,28,32,39,42H,6-10,12,14-21H2,1-5H3/t26?,28-,32-/m0/s1. The highest BCUT2D eigenvalue weighted by Crippen LogP contribution is 2.39. The van der Waals surface area contributed by atoms with Crippen molar-refractivity contribution >= 4 is 45.0 Å². The summed E-state index contributed by atoms with van der Waals surface area (Å²) in [6.45, 7) is 14.0. The Morgan fingerprint density at radius 2 is 1.87 bits per heavy atom. The van der Waals surface area contributed by atoms with Crippen LogP contribution in [0.3, 0.4) is 0 Å². The molecule has 1 saturated carbocycles. The zero-order valence-corrected chi connectivity index (χ0v) is 32.6. The van der Waals surface area contributed by atoms with Crippen LogP contribution < -0.4 is 10.0 Å². The molecule has 2 aromatic heterocycles. The number of amides is 2. The van der Waals surface area contributed by atoms with Crippen LogP contribution in [0.2, 0.25) is 5.02 Å². The molecule has 0 bridgehead atoms. The van der Waals surface area contributed by atoms with Crippen molar-refractivity contribution in [2.45, 2.75) is 96.2 Å². The predicted molar refractivity (Wildman–Crippen MR) is 203 cm³/mol. The molecule has 15 heteroatoms. The van der Waals surface area contributed by atoms with Gasteiger partial charge in [0.25, 0.3) is 5.91 Å². The van der Waals surface area contributed by atoms with Crippen molar-refractivity contribution in [3.05, 3.63) is 58.0 Å². The highest BCUT2D eigenvalue weighted by molar-refractivity contribution is 7.92. The fraction of sp³-hybridized carbons (Fsp3) is 0.622. The lowest BCUT2D eigenvalue weighted by atomic mass is 9.97. The number of ether oxygens (including phenoxy) is 1.